The zero-order valence-electron chi connectivity index (χ0n) is 12.0. The second-order valence-corrected chi connectivity index (χ2v) is 7.32. The van der Waals surface area contributed by atoms with Crippen LogP contribution in [0.1, 0.15) is 18.4 Å². The molecule has 0 radical (unpaired) electrons. The van der Waals surface area contributed by atoms with Crippen molar-refractivity contribution < 1.29 is 4.74 Å². The molecule has 3 heterocycles. The highest BCUT2D eigenvalue weighted by Gasteiger charge is 2.41. The van der Waals surface area contributed by atoms with Crippen LogP contribution in [0.2, 0.25) is 0 Å². The van der Waals surface area contributed by atoms with E-state index in [4.69, 9.17) is 4.74 Å². The lowest BCUT2D eigenvalue weighted by molar-refractivity contribution is 0.151. The molecule has 3 nitrogen and oxygen atoms in total. The highest BCUT2D eigenvalue weighted by Crippen LogP contribution is 2.39. The van der Waals surface area contributed by atoms with Gasteiger partial charge in [-0.3, -0.25) is 9.88 Å². The van der Waals surface area contributed by atoms with Crippen molar-refractivity contribution in [1.29, 1.82) is 0 Å². The average molecular weight is 347 g/mol. The van der Waals surface area contributed by atoms with E-state index in [1.807, 2.05) is 12.3 Å². The molecule has 0 saturated carbocycles. The fraction of sp³-hybridized carbons (Fsp3) is 0.471. The maximum atomic E-state index is 5.62. The van der Waals surface area contributed by atoms with Crippen LogP contribution in [-0.2, 0) is 11.3 Å². The van der Waals surface area contributed by atoms with Crippen LogP contribution in [-0.4, -0.2) is 36.2 Å². The van der Waals surface area contributed by atoms with E-state index in [0.717, 1.165) is 36.3 Å². The van der Waals surface area contributed by atoms with Crippen molar-refractivity contribution in [2.45, 2.75) is 19.4 Å². The summed E-state index contributed by atoms with van der Waals surface area (Å²) in [5, 5.41) is 1.21. The number of rotatable bonds is 2. The van der Waals surface area contributed by atoms with Crippen LogP contribution in [0.5, 0.6) is 0 Å². The van der Waals surface area contributed by atoms with Crippen molar-refractivity contribution in [2.75, 3.05) is 26.3 Å². The van der Waals surface area contributed by atoms with Gasteiger partial charge in [0.2, 0.25) is 0 Å². The van der Waals surface area contributed by atoms with Gasteiger partial charge in [-0.15, -0.1) is 0 Å². The Labute approximate surface area is 133 Å². The SMILES string of the molecule is Brc1cc(CN2CC[C@]3(CCOC3)C2)c2ncccc2c1. The molecule has 1 aromatic heterocycles. The molecule has 0 unspecified atom stereocenters. The first kappa shape index (κ1) is 13.7. The molecule has 2 saturated heterocycles. The van der Waals surface area contributed by atoms with Crippen LogP contribution in [0, 0.1) is 5.41 Å². The Bertz CT molecular complexity index is 667. The van der Waals surface area contributed by atoms with Gasteiger partial charge in [0.15, 0.2) is 0 Å². The highest BCUT2D eigenvalue weighted by molar-refractivity contribution is 9.10. The summed E-state index contributed by atoms with van der Waals surface area (Å²) in [7, 11) is 0. The molecule has 0 amide bonds. The number of hydrogen-bond donors (Lipinski definition) is 0. The average Bonchev–Trinajstić information content (AvgIpc) is 3.09. The molecule has 4 heteroatoms. The van der Waals surface area contributed by atoms with Crippen molar-refractivity contribution in [3.63, 3.8) is 0 Å². The lowest BCUT2D eigenvalue weighted by Gasteiger charge is -2.22. The van der Waals surface area contributed by atoms with Crippen LogP contribution >= 0.6 is 15.9 Å². The minimum absolute atomic E-state index is 0.426. The zero-order valence-corrected chi connectivity index (χ0v) is 13.6. The minimum Gasteiger partial charge on any atom is -0.381 e. The molecule has 2 aromatic rings. The Balaban J connectivity index is 1.60. The van der Waals surface area contributed by atoms with Gasteiger partial charge in [-0.2, -0.15) is 0 Å². The van der Waals surface area contributed by atoms with Crippen LogP contribution in [0.25, 0.3) is 10.9 Å². The molecule has 1 atom stereocenters. The van der Waals surface area contributed by atoms with Crippen LogP contribution < -0.4 is 0 Å². The molecule has 1 spiro atoms. The summed E-state index contributed by atoms with van der Waals surface area (Å²) >= 11 is 3.63. The summed E-state index contributed by atoms with van der Waals surface area (Å²) in [5.74, 6) is 0. The second-order valence-electron chi connectivity index (χ2n) is 6.40. The molecule has 2 fully saturated rings. The van der Waals surface area contributed by atoms with Gasteiger partial charge in [0, 0.05) is 41.2 Å². The maximum Gasteiger partial charge on any atom is 0.0747 e. The number of hydrogen-bond acceptors (Lipinski definition) is 3. The molecule has 0 bridgehead atoms. The van der Waals surface area contributed by atoms with Gasteiger partial charge in [-0.05, 0) is 43.1 Å². The first-order valence-electron chi connectivity index (χ1n) is 7.57. The van der Waals surface area contributed by atoms with Gasteiger partial charge in [-0.25, -0.2) is 0 Å². The minimum atomic E-state index is 0.426. The van der Waals surface area contributed by atoms with Crippen molar-refractivity contribution in [1.82, 2.24) is 9.88 Å². The second kappa shape index (κ2) is 5.34. The van der Waals surface area contributed by atoms with E-state index in [2.05, 4.69) is 44.0 Å². The molecule has 4 rings (SSSR count). The van der Waals surface area contributed by atoms with E-state index in [0.29, 0.717) is 5.41 Å². The number of fused-ring (bicyclic) bond motifs is 1. The number of halogens is 1. The Kier molecular flexibility index (Phi) is 3.48. The van der Waals surface area contributed by atoms with E-state index < -0.39 is 0 Å². The lowest BCUT2D eigenvalue weighted by Crippen LogP contribution is -2.27. The quantitative estimate of drug-likeness (QED) is 0.830. The van der Waals surface area contributed by atoms with Gasteiger partial charge in [0.1, 0.15) is 0 Å². The monoisotopic (exact) mass is 346 g/mol. The Morgan fingerprint density at radius 1 is 1.33 bits per heavy atom. The van der Waals surface area contributed by atoms with Gasteiger partial charge in [0.25, 0.3) is 0 Å². The topological polar surface area (TPSA) is 25.4 Å². The number of aromatic nitrogens is 1. The highest BCUT2D eigenvalue weighted by atomic mass is 79.9. The van der Waals surface area contributed by atoms with Gasteiger partial charge in [0.05, 0.1) is 12.1 Å². The predicted molar refractivity (Wildman–Crippen MR) is 87.2 cm³/mol. The summed E-state index contributed by atoms with van der Waals surface area (Å²) in [4.78, 5) is 7.14. The third-order valence-corrected chi connectivity index (χ3v) is 5.30. The predicted octanol–water partition coefficient (Wildman–Crippen LogP) is 3.61. The van der Waals surface area contributed by atoms with Crippen LogP contribution in [0.15, 0.2) is 34.9 Å². The molecule has 21 heavy (non-hydrogen) atoms. The third-order valence-electron chi connectivity index (χ3n) is 4.84. The number of benzene rings is 1. The fourth-order valence-electron chi connectivity index (χ4n) is 3.72. The molecule has 110 valence electrons. The molecule has 0 N–H and O–H groups in total. The molecule has 0 aliphatic carbocycles. The summed E-state index contributed by atoms with van der Waals surface area (Å²) in [6, 6.07) is 8.49. The first-order chi connectivity index (χ1) is 10.2. The molecule has 2 aliphatic heterocycles. The Morgan fingerprint density at radius 3 is 3.14 bits per heavy atom. The Hall–Kier alpha value is -0.970. The van der Waals surface area contributed by atoms with Crippen LogP contribution in [0.4, 0.5) is 0 Å². The van der Waals surface area contributed by atoms with E-state index in [1.54, 1.807) is 0 Å². The number of likely N-dealkylation sites (tertiary alicyclic amines) is 1. The zero-order chi connectivity index (χ0) is 14.3. The molecule has 2 aliphatic rings. The summed E-state index contributed by atoms with van der Waals surface area (Å²) in [6.07, 6.45) is 4.38. The summed E-state index contributed by atoms with van der Waals surface area (Å²) in [6.45, 7) is 5.20. The fourth-order valence-corrected chi connectivity index (χ4v) is 4.25. The normalized spacial score (nSPS) is 26.1. The van der Waals surface area contributed by atoms with Gasteiger partial charge >= 0.3 is 0 Å². The lowest BCUT2D eigenvalue weighted by atomic mass is 9.87. The summed E-state index contributed by atoms with van der Waals surface area (Å²) < 4.78 is 6.76. The van der Waals surface area contributed by atoms with E-state index >= 15 is 0 Å². The number of pyridine rings is 1. The number of ether oxygens (including phenoxy) is 1. The van der Waals surface area contributed by atoms with Crippen molar-refractivity contribution in [3.8, 4) is 0 Å². The van der Waals surface area contributed by atoms with E-state index in [1.165, 1.54) is 30.3 Å². The van der Waals surface area contributed by atoms with Gasteiger partial charge < -0.3 is 4.74 Å². The van der Waals surface area contributed by atoms with Crippen molar-refractivity contribution >= 4 is 26.8 Å². The van der Waals surface area contributed by atoms with Crippen LogP contribution in [0.3, 0.4) is 0 Å². The van der Waals surface area contributed by atoms with Gasteiger partial charge in [-0.1, -0.05) is 22.0 Å². The van der Waals surface area contributed by atoms with E-state index in [-0.39, 0.29) is 0 Å². The molecule has 1 aromatic carbocycles. The molecular formula is C17H19BrN2O. The Morgan fingerprint density at radius 2 is 2.29 bits per heavy atom. The van der Waals surface area contributed by atoms with E-state index in [9.17, 15) is 0 Å². The first-order valence-corrected chi connectivity index (χ1v) is 8.37. The number of nitrogens with zero attached hydrogens (tertiary/aromatic N) is 2. The summed E-state index contributed by atoms with van der Waals surface area (Å²) in [5.41, 5.74) is 2.87. The third kappa shape index (κ3) is 2.60. The van der Waals surface area contributed by atoms with Crippen molar-refractivity contribution in [2.24, 2.45) is 5.41 Å². The maximum absolute atomic E-state index is 5.62. The smallest absolute Gasteiger partial charge is 0.0747 e. The largest absolute Gasteiger partial charge is 0.381 e. The molecular weight excluding hydrogens is 328 g/mol. The van der Waals surface area contributed by atoms with Crippen molar-refractivity contribution in [3.05, 3.63) is 40.5 Å². The standard InChI is InChI=1S/C17H19BrN2O/c18-15-8-13-2-1-5-19-16(13)14(9-15)10-20-6-3-17(11-20)4-7-21-12-17/h1-2,5,8-9H,3-4,6-7,10-12H2/t17-/m0/s1.